The van der Waals surface area contributed by atoms with Crippen molar-refractivity contribution in [3.8, 4) is 0 Å². The summed E-state index contributed by atoms with van der Waals surface area (Å²) in [7, 11) is 0. The zero-order valence-corrected chi connectivity index (χ0v) is 15.4. The third-order valence-corrected chi connectivity index (χ3v) is 5.09. The van der Waals surface area contributed by atoms with E-state index in [1.807, 2.05) is 30.3 Å². The molecule has 0 radical (unpaired) electrons. The number of carbonyl (C=O) groups is 1. The maximum Gasteiger partial charge on any atom is 0.290 e. The summed E-state index contributed by atoms with van der Waals surface area (Å²) in [6.45, 7) is 0.316. The lowest BCUT2D eigenvalue weighted by molar-refractivity contribution is 0.0716. The number of hydrogen-bond donors (Lipinski definition) is 1. The van der Waals surface area contributed by atoms with E-state index in [4.69, 9.17) is 4.42 Å². The second-order valence-corrected chi connectivity index (χ2v) is 7.12. The average Bonchev–Trinajstić information content (AvgIpc) is 2.94. The van der Waals surface area contributed by atoms with E-state index < -0.39 is 6.04 Å². The molecule has 4 rings (SSSR count). The summed E-state index contributed by atoms with van der Waals surface area (Å²) in [6.07, 6.45) is 0.433. The zero-order valence-electron chi connectivity index (χ0n) is 13.8. The molecular weight excluding hydrogens is 398 g/mol. The molecule has 0 saturated heterocycles. The van der Waals surface area contributed by atoms with E-state index >= 15 is 0 Å². The van der Waals surface area contributed by atoms with Crippen molar-refractivity contribution in [3.05, 3.63) is 80.1 Å². The zero-order chi connectivity index (χ0) is 18.3. The number of aliphatic hydroxyl groups excluding tert-OH is 1. The van der Waals surface area contributed by atoms with E-state index in [0.717, 1.165) is 10.0 Å². The summed E-state index contributed by atoms with van der Waals surface area (Å²) < 4.78 is 6.61. The highest BCUT2D eigenvalue weighted by Crippen LogP contribution is 2.38. The molecule has 132 valence electrons. The smallest absolute Gasteiger partial charge is 0.290 e. The van der Waals surface area contributed by atoms with E-state index in [1.54, 1.807) is 23.1 Å². The Bertz CT molecular complexity index is 1040. The van der Waals surface area contributed by atoms with Crippen LogP contribution >= 0.6 is 15.9 Å². The number of fused-ring (bicyclic) bond motifs is 2. The summed E-state index contributed by atoms with van der Waals surface area (Å²) in [5.74, 6) is -0.221. The second-order valence-electron chi connectivity index (χ2n) is 6.20. The lowest BCUT2D eigenvalue weighted by Crippen LogP contribution is -2.31. The van der Waals surface area contributed by atoms with E-state index in [0.29, 0.717) is 29.5 Å². The molecule has 0 fully saturated rings. The van der Waals surface area contributed by atoms with Gasteiger partial charge in [0.05, 0.1) is 17.0 Å². The molecule has 1 amide bonds. The van der Waals surface area contributed by atoms with E-state index in [-0.39, 0.29) is 23.7 Å². The fourth-order valence-electron chi connectivity index (χ4n) is 3.45. The average molecular weight is 414 g/mol. The van der Waals surface area contributed by atoms with Crippen molar-refractivity contribution >= 4 is 32.8 Å². The number of nitrogens with zero attached hydrogens (tertiary/aromatic N) is 1. The topological polar surface area (TPSA) is 70.8 Å². The van der Waals surface area contributed by atoms with Gasteiger partial charge in [0, 0.05) is 17.6 Å². The normalized spacial score (nSPS) is 16.3. The van der Waals surface area contributed by atoms with Crippen LogP contribution in [0.1, 0.15) is 34.1 Å². The Kier molecular flexibility index (Phi) is 4.38. The molecule has 1 unspecified atom stereocenters. The monoisotopic (exact) mass is 413 g/mol. The van der Waals surface area contributed by atoms with Gasteiger partial charge in [0.25, 0.3) is 5.91 Å². The van der Waals surface area contributed by atoms with Gasteiger partial charge >= 0.3 is 0 Å². The number of hydrogen-bond acceptors (Lipinski definition) is 4. The number of amides is 1. The minimum Gasteiger partial charge on any atom is -0.450 e. The lowest BCUT2D eigenvalue weighted by atomic mass is 9.98. The van der Waals surface area contributed by atoms with Gasteiger partial charge in [-0.05, 0) is 30.2 Å². The highest BCUT2D eigenvalue weighted by atomic mass is 79.9. The highest BCUT2D eigenvalue weighted by Gasteiger charge is 2.42. The van der Waals surface area contributed by atoms with Crippen LogP contribution in [0.15, 0.2) is 62.2 Å². The van der Waals surface area contributed by atoms with E-state index in [2.05, 4.69) is 15.9 Å². The van der Waals surface area contributed by atoms with Crippen molar-refractivity contribution in [3.63, 3.8) is 0 Å². The molecule has 1 atom stereocenters. The maximum absolute atomic E-state index is 13.2. The number of halogens is 1. The van der Waals surface area contributed by atoms with Crippen molar-refractivity contribution in [2.45, 2.75) is 12.5 Å². The number of aliphatic hydroxyl groups is 1. The summed E-state index contributed by atoms with van der Waals surface area (Å²) in [5, 5.41) is 9.64. The fourth-order valence-corrected chi connectivity index (χ4v) is 3.81. The van der Waals surface area contributed by atoms with Gasteiger partial charge < -0.3 is 14.4 Å². The Morgan fingerprint density at radius 2 is 1.88 bits per heavy atom. The van der Waals surface area contributed by atoms with Crippen molar-refractivity contribution in [1.82, 2.24) is 4.90 Å². The Labute approximate surface area is 158 Å². The SMILES string of the molecule is O=C1c2oc3ccc(Br)cc3c(=O)c2C(c2ccccc2)N1CCCO. The van der Waals surface area contributed by atoms with Gasteiger partial charge in [0.15, 0.2) is 5.43 Å². The van der Waals surface area contributed by atoms with Gasteiger partial charge in [-0.25, -0.2) is 0 Å². The van der Waals surface area contributed by atoms with Gasteiger partial charge in [0.1, 0.15) is 5.58 Å². The standard InChI is InChI=1S/C20H16BrNO4/c21-13-7-8-15-14(11-13)18(24)16-17(12-5-2-1-3-6-12)22(9-4-10-23)20(25)19(16)26-15/h1-3,5-8,11,17,23H,4,9-10H2. The van der Waals surface area contributed by atoms with Crippen LogP contribution < -0.4 is 5.43 Å². The van der Waals surface area contributed by atoms with Gasteiger partial charge in [-0.3, -0.25) is 9.59 Å². The molecule has 1 N–H and O–H groups in total. The molecule has 2 aromatic carbocycles. The van der Waals surface area contributed by atoms with Crippen molar-refractivity contribution < 1.29 is 14.3 Å². The first-order valence-electron chi connectivity index (χ1n) is 8.35. The number of benzene rings is 2. The van der Waals surface area contributed by atoms with E-state index in [1.165, 1.54) is 0 Å². The fraction of sp³-hybridized carbons (Fsp3) is 0.200. The predicted octanol–water partition coefficient (Wildman–Crippen LogP) is 3.48. The minimum atomic E-state index is -0.509. The summed E-state index contributed by atoms with van der Waals surface area (Å²) >= 11 is 3.38. The molecule has 0 saturated carbocycles. The molecule has 0 aliphatic carbocycles. The van der Waals surface area contributed by atoms with Gasteiger partial charge in [-0.15, -0.1) is 0 Å². The van der Waals surface area contributed by atoms with Gasteiger partial charge in [-0.1, -0.05) is 46.3 Å². The molecule has 2 heterocycles. The van der Waals surface area contributed by atoms with Crippen molar-refractivity contribution in [1.29, 1.82) is 0 Å². The maximum atomic E-state index is 13.2. The first-order chi connectivity index (χ1) is 12.6. The molecule has 1 aliphatic rings. The predicted molar refractivity (Wildman–Crippen MR) is 101 cm³/mol. The Hall–Kier alpha value is -2.44. The number of rotatable bonds is 4. The molecule has 1 aliphatic heterocycles. The number of carbonyl (C=O) groups excluding carboxylic acids is 1. The van der Waals surface area contributed by atoms with Crippen LogP contribution in [-0.2, 0) is 0 Å². The molecule has 0 spiro atoms. The van der Waals surface area contributed by atoms with Crippen LogP contribution in [0.3, 0.4) is 0 Å². The third kappa shape index (κ3) is 2.66. The first-order valence-corrected chi connectivity index (χ1v) is 9.14. The van der Waals surface area contributed by atoms with Crippen LogP contribution in [0.2, 0.25) is 0 Å². The first kappa shape index (κ1) is 17.0. The highest BCUT2D eigenvalue weighted by molar-refractivity contribution is 9.10. The molecule has 5 nitrogen and oxygen atoms in total. The summed E-state index contributed by atoms with van der Waals surface area (Å²) in [5.41, 5.74) is 1.40. The van der Waals surface area contributed by atoms with Crippen LogP contribution in [0, 0.1) is 0 Å². The molecule has 26 heavy (non-hydrogen) atoms. The summed E-state index contributed by atoms with van der Waals surface area (Å²) in [6, 6.07) is 14.1. The Morgan fingerprint density at radius 3 is 2.62 bits per heavy atom. The molecular formula is C20H16BrNO4. The molecule has 6 heteroatoms. The second kappa shape index (κ2) is 6.70. The minimum absolute atomic E-state index is 0.0298. The van der Waals surface area contributed by atoms with E-state index in [9.17, 15) is 14.7 Å². The largest absolute Gasteiger partial charge is 0.450 e. The molecule has 0 bridgehead atoms. The van der Waals surface area contributed by atoms with Gasteiger partial charge in [0.2, 0.25) is 5.76 Å². The molecule has 3 aromatic rings. The van der Waals surface area contributed by atoms with Gasteiger partial charge in [-0.2, -0.15) is 0 Å². The third-order valence-electron chi connectivity index (χ3n) is 4.60. The van der Waals surface area contributed by atoms with Crippen LogP contribution in [-0.4, -0.2) is 29.1 Å². The van der Waals surface area contributed by atoms with Crippen LogP contribution in [0.4, 0.5) is 0 Å². The van der Waals surface area contributed by atoms with Crippen LogP contribution in [0.25, 0.3) is 11.0 Å². The van der Waals surface area contributed by atoms with Crippen molar-refractivity contribution in [2.75, 3.05) is 13.2 Å². The molecule has 1 aromatic heterocycles. The van der Waals surface area contributed by atoms with Crippen LogP contribution in [0.5, 0.6) is 0 Å². The van der Waals surface area contributed by atoms with Crippen molar-refractivity contribution in [2.24, 2.45) is 0 Å². The lowest BCUT2D eigenvalue weighted by Gasteiger charge is -2.24. The Balaban J connectivity index is 1.98. The quantitative estimate of drug-likeness (QED) is 0.710. The Morgan fingerprint density at radius 1 is 1.12 bits per heavy atom. The summed E-state index contributed by atoms with van der Waals surface area (Å²) in [4.78, 5) is 27.8.